The summed E-state index contributed by atoms with van der Waals surface area (Å²) in [4.78, 5) is 13.8. The molecule has 0 bridgehead atoms. The highest BCUT2D eigenvalue weighted by molar-refractivity contribution is 5.98. The van der Waals surface area contributed by atoms with E-state index in [1.165, 1.54) is 0 Å². The molecule has 16 heavy (non-hydrogen) atoms. The van der Waals surface area contributed by atoms with Crippen LogP contribution in [0.3, 0.4) is 0 Å². The van der Waals surface area contributed by atoms with Gasteiger partial charge in [0.05, 0.1) is 13.2 Å². The molecule has 90 valence electrons. The van der Waals surface area contributed by atoms with Crippen LogP contribution in [0.15, 0.2) is 6.07 Å². The van der Waals surface area contributed by atoms with Gasteiger partial charge < -0.3 is 9.67 Å². The van der Waals surface area contributed by atoms with E-state index in [0.717, 1.165) is 17.0 Å². The van der Waals surface area contributed by atoms with E-state index in [-0.39, 0.29) is 12.4 Å². The van der Waals surface area contributed by atoms with Crippen LogP contribution in [0.5, 0.6) is 0 Å². The zero-order valence-electron chi connectivity index (χ0n) is 10.4. The van der Waals surface area contributed by atoms with Gasteiger partial charge in [0.1, 0.15) is 0 Å². The zero-order valence-corrected chi connectivity index (χ0v) is 10.4. The number of Topliss-reactive ketones (excluding diaryl/α,β-unsaturated/α-hetero) is 1. The smallest absolute Gasteiger partial charge is 0.178 e. The van der Waals surface area contributed by atoms with Gasteiger partial charge in [0.2, 0.25) is 0 Å². The van der Waals surface area contributed by atoms with Crippen molar-refractivity contribution in [3.05, 3.63) is 23.0 Å². The quantitative estimate of drug-likeness (QED) is 0.751. The molecule has 0 atom stereocenters. The van der Waals surface area contributed by atoms with Crippen molar-refractivity contribution >= 4 is 5.78 Å². The molecule has 4 nitrogen and oxygen atoms in total. The van der Waals surface area contributed by atoms with Crippen LogP contribution in [-0.4, -0.2) is 47.1 Å². The van der Waals surface area contributed by atoms with Crippen molar-refractivity contribution < 1.29 is 9.90 Å². The van der Waals surface area contributed by atoms with Gasteiger partial charge >= 0.3 is 0 Å². The van der Waals surface area contributed by atoms with Crippen molar-refractivity contribution in [1.82, 2.24) is 9.47 Å². The number of carbonyl (C=O) groups is 1. The number of aryl methyl sites for hydroxylation is 1. The lowest BCUT2D eigenvalue weighted by Crippen LogP contribution is -2.28. The lowest BCUT2D eigenvalue weighted by molar-refractivity contribution is 0.0935. The number of hydrogen-bond donors (Lipinski definition) is 1. The SMILES string of the molecule is Cc1cc(C(=O)CN(C)CCO)c(C)n1C. The Morgan fingerprint density at radius 2 is 2.12 bits per heavy atom. The summed E-state index contributed by atoms with van der Waals surface area (Å²) >= 11 is 0. The fourth-order valence-corrected chi connectivity index (χ4v) is 1.72. The molecule has 0 aliphatic heterocycles. The van der Waals surface area contributed by atoms with Gasteiger partial charge in [0.25, 0.3) is 0 Å². The first-order valence-electron chi connectivity index (χ1n) is 5.43. The van der Waals surface area contributed by atoms with Crippen LogP contribution in [-0.2, 0) is 7.05 Å². The molecule has 0 aliphatic carbocycles. The molecule has 0 saturated heterocycles. The second-order valence-corrected chi connectivity index (χ2v) is 4.23. The number of aliphatic hydroxyl groups is 1. The molecule has 0 aliphatic rings. The van der Waals surface area contributed by atoms with E-state index in [1.54, 1.807) is 0 Å². The van der Waals surface area contributed by atoms with E-state index >= 15 is 0 Å². The monoisotopic (exact) mass is 224 g/mol. The van der Waals surface area contributed by atoms with E-state index in [2.05, 4.69) is 0 Å². The maximum absolute atomic E-state index is 12.0. The first kappa shape index (κ1) is 12.9. The van der Waals surface area contributed by atoms with Crippen LogP contribution in [0.1, 0.15) is 21.7 Å². The van der Waals surface area contributed by atoms with Gasteiger partial charge in [-0.2, -0.15) is 0 Å². The van der Waals surface area contributed by atoms with Gasteiger partial charge in [-0.05, 0) is 27.0 Å². The molecule has 0 unspecified atom stereocenters. The predicted octanol–water partition coefficient (Wildman–Crippen LogP) is 0.749. The minimum Gasteiger partial charge on any atom is -0.395 e. The number of aromatic nitrogens is 1. The van der Waals surface area contributed by atoms with Gasteiger partial charge in [0, 0.05) is 30.5 Å². The highest BCUT2D eigenvalue weighted by Gasteiger charge is 2.15. The molecule has 0 amide bonds. The number of aliphatic hydroxyl groups excluding tert-OH is 1. The number of nitrogens with zero attached hydrogens (tertiary/aromatic N) is 2. The first-order chi connectivity index (χ1) is 7.47. The van der Waals surface area contributed by atoms with Crippen LogP contribution in [0.2, 0.25) is 0 Å². The summed E-state index contributed by atoms with van der Waals surface area (Å²) in [5, 5.41) is 8.77. The molecule has 1 N–H and O–H groups in total. The summed E-state index contributed by atoms with van der Waals surface area (Å²) in [7, 11) is 3.79. The molecule has 0 spiro atoms. The molecule has 1 aromatic heterocycles. The van der Waals surface area contributed by atoms with Crippen molar-refractivity contribution in [2.75, 3.05) is 26.7 Å². The maximum atomic E-state index is 12.0. The molecule has 0 radical (unpaired) electrons. The summed E-state index contributed by atoms with van der Waals surface area (Å²) in [5.74, 6) is 0.108. The number of hydrogen-bond acceptors (Lipinski definition) is 3. The Morgan fingerprint density at radius 1 is 1.50 bits per heavy atom. The normalized spacial score (nSPS) is 11.1. The van der Waals surface area contributed by atoms with E-state index in [9.17, 15) is 4.79 Å². The topological polar surface area (TPSA) is 45.5 Å². The van der Waals surface area contributed by atoms with Crippen LogP contribution >= 0.6 is 0 Å². The first-order valence-corrected chi connectivity index (χ1v) is 5.43. The fraction of sp³-hybridized carbons (Fsp3) is 0.583. The van der Waals surface area contributed by atoms with Gasteiger partial charge in [0.15, 0.2) is 5.78 Å². The highest BCUT2D eigenvalue weighted by Crippen LogP contribution is 2.14. The Balaban J connectivity index is 2.77. The minimum absolute atomic E-state index is 0.0799. The third kappa shape index (κ3) is 2.71. The molecule has 0 aromatic carbocycles. The van der Waals surface area contributed by atoms with Crippen LogP contribution in [0, 0.1) is 13.8 Å². The number of ketones is 1. The summed E-state index contributed by atoms with van der Waals surface area (Å²) < 4.78 is 2.01. The minimum atomic E-state index is 0.0799. The van der Waals surface area contributed by atoms with E-state index in [4.69, 9.17) is 5.11 Å². The Morgan fingerprint density at radius 3 is 2.56 bits per heavy atom. The molecular weight excluding hydrogens is 204 g/mol. The van der Waals surface area contributed by atoms with Crippen LogP contribution in [0.25, 0.3) is 0 Å². The molecule has 0 saturated carbocycles. The lowest BCUT2D eigenvalue weighted by Gasteiger charge is -2.13. The van der Waals surface area contributed by atoms with E-state index in [0.29, 0.717) is 13.1 Å². The number of likely N-dealkylation sites (N-methyl/N-ethyl adjacent to an activating group) is 1. The van der Waals surface area contributed by atoms with E-state index < -0.39 is 0 Å². The second kappa shape index (κ2) is 5.27. The standard InChI is InChI=1S/C12H20N2O2/c1-9-7-11(10(2)14(9)4)12(16)8-13(3)5-6-15/h7,15H,5-6,8H2,1-4H3. The third-order valence-electron chi connectivity index (χ3n) is 2.97. The van der Waals surface area contributed by atoms with Crippen molar-refractivity contribution in [2.45, 2.75) is 13.8 Å². The Hall–Kier alpha value is -1.13. The summed E-state index contributed by atoms with van der Waals surface area (Å²) in [6.45, 7) is 4.89. The third-order valence-corrected chi connectivity index (χ3v) is 2.97. The summed E-state index contributed by atoms with van der Waals surface area (Å²) in [5.41, 5.74) is 2.87. The largest absolute Gasteiger partial charge is 0.395 e. The van der Waals surface area contributed by atoms with Crippen molar-refractivity contribution in [1.29, 1.82) is 0 Å². The predicted molar refractivity (Wildman–Crippen MR) is 63.8 cm³/mol. The second-order valence-electron chi connectivity index (χ2n) is 4.23. The lowest BCUT2D eigenvalue weighted by atomic mass is 10.1. The van der Waals surface area contributed by atoms with Crippen LogP contribution in [0.4, 0.5) is 0 Å². The molecule has 1 heterocycles. The maximum Gasteiger partial charge on any atom is 0.178 e. The highest BCUT2D eigenvalue weighted by atomic mass is 16.3. The van der Waals surface area contributed by atoms with E-state index in [1.807, 2.05) is 43.5 Å². The van der Waals surface area contributed by atoms with Crippen molar-refractivity contribution in [3.63, 3.8) is 0 Å². The molecule has 1 rings (SSSR count). The van der Waals surface area contributed by atoms with Gasteiger partial charge in [-0.25, -0.2) is 0 Å². The van der Waals surface area contributed by atoms with Gasteiger partial charge in [-0.1, -0.05) is 0 Å². The molecular formula is C12H20N2O2. The van der Waals surface area contributed by atoms with Gasteiger partial charge in [-0.15, -0.1) is 0 Å². The molecule has 0 fully saturated rings. The van der Waals surface area contributed by atoms with Gasteiger partial charge in [-0.3, -0.25) is 9.69 Å². The number of carbonyl (C=O) groups excluding carboxylic acids is 1. The average molecular weight is 224 g/mol. The number of rotatable bonds is 5. The van der Waals surface area contributed by atoms with Crippen molar-refractivity contribution in [3.8, 4) is 0 Å². The fourth-order valence-electron chi connectivity index (χ4n) is 1.72. The molecule has 4 heteroatoms. The average Bonchev–Trinajstić information content (AvgIpc) is 2.46. The molecule has 1 aromatic rings. The zero-order chi connectivity index (χ0) is 12.3. The Kier molecular flexibility index (Phi) is 4.26. The summed E-state index contributed by atoms with van der Waals surface area (Å²) in [6, 6.07) is 1.92. The van der Waals surface area contributed by atoms with Crippen LogP contribution < -0.4 is 0 Å². The summed E-state index contributed by atoms with van der Waals surface area (Å²) in [6.07, 6.45) is 0. The van der Waals surface area contributed by atoms with Crippen molar-refractivity contribution in [2.24, 2.45) is 7.05 Å². The Labute approximate surface area is 96.5 Å². The Bertz CT molecular complexity index is 383.